The molecule has 0 fully saturated rings. The van der Waals surface area contributed by atoms with Crippen LogP contribution in [0.4, 0.5) is 14.5 Å². The van der Waals surface area contributed by atoms with Crippen LogP contribution in [0.15, 0.2) is 17.0 Å². The van der Waals surface area contributed by atoms with E-state index in [-0.39, 0.29) is 12.2 Å². The van der Waals surface area contributed by atoms with Crippen molar-refractivity contribution in [3.05, 3.63) is 23.8 Å². The molecule has 18 heavy (non-hydrogen) atoms. The van der Waals surface area contributed by atoms with Gasteiger partial charge in [0.05, 0.1) is 6.10 Å². The molecule has 3 N–H and O–H groups in total. The highest BCUT2D eigenvalue weighted by atomic mass is 32.2. The van der Waals surface area contributed by atoms with Gasteiger partial charge in [0.1, 0.15) is 4.90 Å². The first-order valence-electron chi connectivity index (χ1n) is 5.05. The number of aliphatic hydroxyl groups excluding tert-OH is 1. The number of rotatable bonds is 4. The van der Waals surface area contributed by atoms with E-state index in [1.54, 1.807) is 0 Å². The maximum absolute atomic E-state index is 13.5. The smallest absolute Gasteiger partial charge is 0.246 e. The number of halogens is 2. The summed E-state index contributed by atoms with van der Waals surface area (Å²) in [5, 5.41) is 9.11. The van der Waals surface area contributed by atoms with E-state index in [1.807, 2.05) is 0 Å². The van der Waals surface area contributed by atoms with Crippen molar-refractivity contribution in [2.45, 2.75) is 17.9 Å². The van der Waals surface area contributed by atoms with Crippen LogP contribution in [-0.2, 0) is 10.0 Å². The van der Waals surface area contributed by atoms with Crippen molar-refractivity contribution in [1.29, 1.82) is 0 Å². The fourth-order valence-electron chi connectivity index (χ4n) is 1.41. The quantitative estimate of drug-likeness (QED) is 0.789. The molecule has 1 aromatic rings. The van der Waals surface area contributed by atoms with Crippen LogP contribution in [0.25, 0.3) is 0 Å². The van der Waals surface area contributed by atoms with Crippen LogP contribution in [0, 0.1) is 11.6 Å². The number of nitrogens with zero attached hydrogens (tertiary/aromatic N) is 1. The first kappa shape index (κ1) is 14.8. The summed E-state index contributed by atoms with van der Waals surface area (Å²) in [5.41, 5.74) is 5.09. The highest BCUT2D eigenvalue weighted by Crippen LogP contribution is 2.23. The minimum Gasteiger partial charge on any atom is -0.399 e. The van der Waals surface area contributed by atoms with Gasteiger partial charge >= 0.3 is 0 Å². The van der Waals surface area contributed by atoms with E-state index < -0.39 is 32.7 Å². The summed E-state index contributed by atoms with van der Waals surface area (Å²) in [6.45, 7) is 1.14. The minimum absolute atomic E-state index is 0.196. The zero-order valence-electron chi connectivity index (χ0n) is 9.89. The van der Waals surface area contributed by atoms with E-state index in [9.17, 15) is 17.2 Å². The van der Waals surface area contributed by atoms with Gasteiger partial charge in [-0.05, 0) is 19.1 Å². The molecule has 0 aliphatic heterocycles. The second-order valence-electron chi connectivity index (χ2n) is 3.95. The molecular weight excluding hydrogens is 266 g/mol. The second kappa shape index (κ2) is 5.17. The third-order valence-electron chi connectivity index (χ3n) is 2.23. The van der Waals surface area contributed by atoms with Gasteiger partial charge in [0.15, 0.2) is 11.6 Å². The Labute approximate surface area is 104 Å². The normalized spacial score (nSPS) is 13.9. The third kappa shape index (κ3) is 2.95. The number of hydrogen-bond acceptors (Lipinski definition) is 4. The Hall–Kier alpha value is -1.25. The zero-order valence-corrected chi connectivity index (χ0v) is 10.7. The van der Waals surface area contributed by atoms with Crippen LogP contribution in [0.1, 0.15) is 6.92 Å². The molecular formula is C10H14F2N2O3S. The summed E-state index contributed by atoms with van der Waals surface area (Å²) in [6, 6.07) is 1.54. The molecule has 0 aliphatic rings. The predicted molar refractivity (Wildman–Crippen MR) is 62.3 cm³/mol. The third-order valence-corrected chi connectivity index (χ3v) is 4.05. The molecule has 102 valence electrons. The van der Waals surface area contributed by atoms with Crippen molar-refractivity contribution < 1.29 is 22.3 Å². The average Bonchev–Trinajstić information content (AvgIpc) is 2.22. The molecule has 8 heteroatoms. The maximum atomic E-state index is 13.5. The lowest BCUT2D eigenvalue weighted by Crippen LogP contribution is -2.33. The van der Waals surface area contributed by atoms with Crippen molar-refractivity contribution in [2.24, 2.45) is 0 Å². The fourth-order valence-corrected chi connectivity index (χ4v) is 2.77. The Balaban J connectivity index is 3.29. The number of aliphatic hydroxyl groups is 1. The second-order valence-corrected chi connectivity index (χ2v) is 5.96. The Morgan fingerprint density at radius 3 is 2.50 bits per heavy atom. The molecule has 0 heterocycles. The molecule has 1 rings (SSSR count). The van der Waals surface area contributed by atoms with Crippen LogP contribution in [0.2, 0.25) is 0 Å². The van der Waals surface area contributed by atoms with Crippen molar-refractivity contribution >= 4 is 15.7 Å². The van der Waals surface area contributed by atoms with Crippen molar-refractivity contribution in [3.63, 3.8) is 0 Å². The molecule has 0 saturated carbocycles. The molecule has 1 aromatic carbocycles. The Morgan fingerprint density at radius 1 is 1.44 bits per heavy atom. The molecule has 0 spiro atoms. The highest BCUT2D eigenvalue weighted by molar-refractivity contribution is 7.89. The average molecular weight is 280 g/mol. The molecule has 0 bridgehead atoms. The lowest BCUT2D eigenvalue weighted by atomic mass is 10.3. The Kier molecular flexibility index (Phi) is 4.25. The molecule has 0 saturated heterocycles. The van der Waals surface area contributed by atoms with E-state index in [0.29, 0.717) is 6.07 Å². The predicted octanol–water partition coefficient (Wildman–Crippen LogP) is 0.548. The topological polar surface area (TPSA) is 83.6 Å². The van der Waals surface area contributed by atoms with Crippen LogP contribution >= 0.6 is 0 Å². The van der Waals surface area contributed by atoms with Gasteiger partial charge in [0.2, 0.25) is 10.0 Å². The van der Waals surface area contributed by atoms with E-state index in [0.717, 1.165) is 17.4 Å². The lowest BCUT2D eigenvalue weighted by Gasteiger charge is -2.19. The van der Waals surface area contributed by atoms with Crippen molar-refractivity contribution in [3.8, 4) is 0 Å². The van der Waals surface area contributed by atoms with Gasteiger partial charge < -0.3 is 10.8 Å². The van der Waals surface area contributed by atoms with E-state index in [4.69, 9.17) is 10.8 Å². The van der Waals surface area contributed by atoms with Gasteiger partial charge in [-0.15, -0.1) is 0 Å². The highest BCUT2D eigenvalue weighted by Gasteiger charge is 2.27. The summed E-state index contributed by atoms with van der Waals surface area (Å²) in [4.78, 5) is -0.844. The van der Waals surface area contributed by atoms with Crippen LogP contribution in [0.3, 0.4) is 0 Å². The summed E-state index contributed by atoms with van der Waals surface area (Å²) >= 11 is 0. The van der Waals surface area contributed by atoms with E-state index >= 15 is 0 Å². The van der Waals surface area contributed by atoms with Gasteiger partial charge in [-0.25, -0.2) is 17.2 Å². The number of benzene rings is 1. The van der Waals surface area contributed by atoms with Gasteiger partial charge in [0, 0.05) is 19.3 Å². The first-order valence-corrected chi connectivity index (χ1v) is 6.49. The number of likely N-dealkylation sites (N-methyl/N-ethyl adjacent to an activating group) is 1. The first-order chi connectivity index (χ1) is 8.16. The molecule has 5 nitrogen and oxygen atoms in total. The van der Waals surface area contributed by atoms with Crippen LogP contribution in [-0.4, -0.2) is 37.5 Å². The minimum atomic E-state index is -4.23. The standard InChI is InChI=1S/C10H14F2N2O3S/c1-6(15)5-14(2)18(16,17)9-4-7(13)3-8(11)10(9)12/h3-4,6,15H,5,13H2,1-2H3. The maximum Gasteiger partial charge on any atom is 0.246 e. The Bertz CT molecular complexity index is 546. The molecule has 0 aliphatic carbocycles. The van der Waals surface area contributed by atoms with Gasteiger partial charge in [0.25, 0.3) is 0 Å². The largest absolute Gasteiger partial charge is 0.399 e. The van der Waals surface area contributed by atoms with E-state index in [2.05, 4.69) is 0 Å². The fraction of sp³-hybridized carbons (Fsp3) is 0.400. The van der Waals surface area contributed by atoms with Gasteiger partial charge in [-0.3, -0.25) is 0 Å². The summed E-state index contributed by atoms with van der Waals surface area (Å²) in [6.07, 6.45) is -0.932. The summed E-state index contributed by atoms with van der Waals surface area (Å²) in [7, 11) is -3.08. The van der Waals surface area contributed by atoms with Crippen molar-refractivity contribution in [2.75, 3.05) is 19.3 Å². The summed E-state index contributed by atoms with van der Waals surface area (Å²) < 4.78 is 51.2. The monoisotopic (exact) mass is 280 g/mol. The van der Waals surface area contributed by atoms with Crippen LogP contribution < -0.4 is 5.73 Å². The number of nitrogens with two attached hydrogens (primary N) is 1. The summed E-state index contributed by atoms with van der Waals surface area (Å²) in [5.74, 6) is -2.82. The van der Waals surface area contributed by atoms with Crippen LogP contribution in [0.5, 0.6) is 0 Å². The van der Waals surface area contributed by atoms with Crippen molar-refractivity contribution in [1.82, 2.24) is 4.31 Å². The number of anilines is 1. The van der Waals surface area contributed by atoms with Gasteiger partial charge in [-0.2, -0.15) is 4.31 Å². The number of nitrogen functional groups attached to an aromatic ring is 1. The SMILES string of the molecule is CC(O)CN(C)S(=O)(=O)c1cc(N)cc(F)c1F. The van der Waals surface area contributed by atoms with E-state index in [1.165, 1.54) is 6.92 Å². The molecule has 1 atom stereocenters. The number of hydrogen-bond donors (Lipinski definition) is 2. The molecule has 0 amide bonds. The molecule has 0 aromatic heterocycles. The van der Waals surface area contributed by atoms with Gasteiger partial charge in [-0.1, -0.05) is 0 Å². The number of sulfonamides is 1. The Morgan fingerprint density at radius 2 is 2.00 bits per heavy atom. The lowest BCUT2D eigenvalue weighted by molar-refractivity contribution is 0.171. The molecule has 1 unspecified atom stereocenters. The zero-order chi connectivity index (χ0) is 14.1. The molecule has 0 radical (unpaired) electrons.